The van der Waals surface area contributed by atoms with E-state index >= 15 is 0 Å². The predicted octanol–water partition coefficient (Wildman–Crippen LogP) is -0.860. The van der Waals surface area contributed by atoms with E-state index in [0.717, 1.165) is 0 Å². The van der Waals surface area contributed by atoms with Gasteiger partial charge in [0.15, 0.2) is 0 Å². The number of rotatable bonds is 4. The van der Waals surface area contributed by atoms with Crippen molar-refractivity contribution >= 4 is 11.8 Å². The number of ketones is 1. The van der Waals surface area contributed by atoms with Crippen molar-refractivity contribution in [2.45, 2.75) is 12.8 Å². The largest absolute Gasteiger partial charge is 0.481 e. The van der Waals surface area contributed by atoms with Crippen LogP contribution in [0.25, 0.3) is 0 Å². The van der Waals surface area contributed by atoms with Gasteiger partial charge in [-0.2, -0.15) is 0 Å². The van der Waals surface area contributed by atoms with Gasteiger partial charge in [0.25, 0.3) is 0 Å². The first kappa shape index (κ1) is 13.9. The van der Waals surface area contributed by atoms with E-state index in [2.05, 4.69) is 0 Å². The van der Waals surface area contributed by atoms with Crippen molar-refractivity contribution in [1.29, 1.82) is 0 Å². The van der Waals surface area contributed by atoms with Gasteiger partial charge in [0, 0.05) is 6.42 Å². The standard InChI is InChI=1S/C5H9NO3.NO3/c6-3-4(7)1-2-5(8)9;2-1(3)4/h1-3,6H2,(H,8,9);/q;-1. The minimum Gasteiger partial charge on any atom is -0.481 e. The smallest absolute Gasteiger partial charge is 0.303 e. The molecule has 0 spiro atoms. The second-order valence-electron chi connectivity index (χ2n) is 1.86. The maximum atomic E-state index is 10.3. The summed E-state index contributed by atoms with van der Waals surface area (Å²) in [5.41, 5.74) is 4.92. The van der Waals surface area contributed by atoms with Crippen molar-refractivity contribution in [2.24, 2.45) is 5.73 Å². The Kier molecular flexibility index (Phi) is 8.95. The lowest BCUT2D eigenvalue weighted by atomic mass is 10.2. The van der Waals surface area contributed by atoms with E-state index in [-0.39, 0.29) is 25.2 Å². The molecule has 76 valence electrons. The molecule has 0 aliphatic carbocycles. The van der Waals surface area contributed by atoms with Gasteiger partial charge in [0.1, 0.15) is 5.78 Å². The molecule has 0 aromatic carbocycles. The van der Waals surface area contributed by atoms with Gasteiger partial charge in [-0.05, 0) is 0 Å². The molecular formula is C5H9N2O6-. The summed E-state index contributed by atoms with van der Waals surface area (Å²) in [4.78, 5) is 28.4. The molecule has 0 amide bonds. The number of nitrogens with two attached hydrogens (primary N) is 1. The summed E-state index contributed by atoms with van der Waals surface area (Å²) in [6.07, 6.45) is -0.0676. The first-order chi connectivity index (χ1) is 5.90. The average Bonchev–Trinajstić information content (AvgIpc) is 1.99. The van der Waals surface area contributed by atoms with Crippen molar-refractivity contribution in [3.05, 3.63) is 15.3 Å². The minimum atomic E-state index is -1.75. The van der Waals surface area contributed by atoms with E-state index in [9.17, 15) is 9.59 Å². The number of carboxylic acids is 1. The highest BCUT2D eigenvalue weighted by Crippen LogP contribution is 1.87. The fourth-order valence-electron chi connectivity index (χ4n) is 0.348. The van der Waals surface area contributed by atoms with Crippen LogP contribution < -0.4 is 5.73 Å². The van der Waals surface area contributed by atoms with Crippen molar-refractivity contribution in [3.8, 4) is 0 Å². The first-order valence-electron chi connectivity index (χ1n) is 3.15. The minimum absolute atomic E-state index is 0.0475. The number of Topliss-reactive ketones (excluding diaryl/α,β-unsaturated/α-hetero) is 1. The Morgan fingerprint density at radius 3 is 1.92 bits per heavy atom. The molecule has 0 fully saturated rings. The second-order valence-corrected chi connectivity index (χ2v) is 1.86. The molecule has 0 aromatic rings. The Morgan fingerprint density at radius 1 is 1.31 bits per heavy atom. The summed E-state index contributed by atoms with van der Waals surface area (Å²) in [7, 11) is 0. The SMILES string of the molecule is NCC(=O)CCC(=O)O.O=[N+]([O-])[O-]. The fraction of sp³-hybridized carbons (Fsp3) is 0.600. The van der Waals surface area contributed by atoms with E-state index in [1.807, 2.05) is 0 Å². The molecule has 3 N–H and O–H groups in total. The van der Waals surface area contributed by atoms with Crippen LogP contribution in [0.4, 0.5) is 0 Å². The summed E-state index contributed by atoms with van der Waals surface area (Å²) in [5, 5.41) is 22.8. The third kappa shape index (κ3) is 25.3. The van der Waals surface area contributed by atoms with Gasteiger partial charge >= 0.3 is 5.97 Å². The third-order valence-corrected chi connectivity index (χ3v) is 0.845. The lowest BCUT2D eigenvalue weighted by Gasteiger charge is -1.90. The number of hydrogen-bond acceptors (Lipinski definition) is 6. The number of carbonyl (C=O) groups excluding carboxylic acids is 1. The maximum Gasteiger partial charge on any atom is 0.303 e. The second kappa shape index (κ2) is 8.40. The van der Waals surface area contributed by atoms with E-state index in [4.69, 9.17) is 26.2 Å². The van der Waals surface area contributed by atoms with E-state index in [1.54, 1.807) is 0 Å². The monoisotopic (exact) mass is 193 g/mol. The molecule has 0 aliphatic rings. The number of nitrogens with zero attached hydrogens (tertiary/aromatic N) is 1. The molecule has 0 aromatic heterocycles. The highest BCUT2D eigenvalue weighted by Gasteiger charge is 2.01. The zero-order valence-electron chi connectivity index (χ0n) is 6.63. The van der Waals surface area contributed by atoms with Crippen LogP contribution >= 0.6 is 0 Å². The number of aliphatic carboxylic acids is 1. The van der Waals surface area contributed by atoms with E-state index in [0.29, 0.717) is 0 Å². The molecule has 0 unspecified atom stereocenters. The molecule has 0 heterocycles. The summed E-state index contributed by atoms with van der Waals surface area (Å²) in [6, 6.07) is 0. The Morgan fingerprint density at radius 2 is 1.69 bits per heavy atom. The van der Waals surface area contributed by atoms with Crippen molar-refractivity contribution in [3.63, 3.8) is 0 Å². The highest BCUT2D eigenvalue weighted by atomic mass is 16.9. The summed E-state index contributed by atoms with van der Waals surface area (Å²) >= 11 is 0. The quantitative estimate of drug-likeness (QED) is 0.436. The normalized spacial score (nSPS) is 8.08. The topological polar surface area (TPSA) is 147 Å². The Hall–Kier alpha value is -1.70. The molecule has 0 rings (SSSR count). The maximum absolute atomic E-state index is 10.3. The molecule has 8 heteroatoms. The number of hydrogen-bond donors (Lipinski definition) is 2. The van der Waals surface area contributed by atoms with Crippen LogP contribution in [-0.4, -0.2) is 28.5 Å². The summed E-state index contributed by atoms with van der Waals surface area (Å²) < 4.78 is 0. The van der Waals surface area contributed by atoms with Crippen molar-refractivity contribution in [1.82, 2.24) is 0 Å². The van der Waals surface area contributed by atoms with Gasteiger partial charge in [-0.1, -0.05) is 0 Å². The lowest BCUT2D eigenvalue weighted by Crippen LogP contribution is -2.14. The van der Waals surface area contributed by atoms with Crippen LogP contribution in [-0.2, 0) is 9.59 Å². The van der Waals surface area contributed by atoms with Crippen molar-refractivity contribution < 1.29 is 19.8 Å². The van der Waals surface area contributed by atoms with E-state index in [1.165, 1.54) is 0 Å². The highest BCUT2D eigenvalue weighted by molar-refractivity contribution is 5.83. The zero-order valence-corrected chi connectivity index (χ0v) is 6.63. The molecule has 0 aliphatic heterocycles. The molecule has 0 bridgehead atoms. The first-order valence-corrected chi connectivity index (χ1v) is 3.15. The average molecular weight is 193 g/mol. The lowest BCUT2D eigenvalue weighted by molar-refractivity contribution is -0.402. The third-order valence-electron chi connectivity index (χ3n) is 0.845. The molecule has 0 atom stereocenters. The van der Waals surface area contributed by atoms with Crippen LogP contribution in [0.2, 0.25) is 0 Å². The van der Waals surface area contributed by atoms with Gasteiger partial charge in [-0.3, -0.25) is 9.59 Å². The molecule has 0 radical (unpaired) electrons. The number of carboxylic acid groups (broad SMARTS) is 1. The van der Waals surface area contributed by atoms with Crippen LogP contribution in [0.3, 0.4) is 0 Å². The fourth-order valence-corrected chi connectivity index (χ4v) is 0.348. The zero-order chi connectivity index (χ0) is 10.9. The summed E-state index contributed by atoms with van der Waals surface area (Å²) in [5.74, 6) is -1.17. The van der Waals surface area contributed by atoms with Crippen LogP contribution in [0.5, 0.6) is 0 Å². The van der Waals surface area contributed by atoms with E-state index < -0.39 is 11.1 Å². The van der Waals surface area contributed by atoms with Gasteiger partial charge in [-0.15, -0.1) is 0 Å². The van der Waals surface area contributed by atoms with Crippen LogP contribution in [0.15, 0.2) is 0 Å². The molecule has 13 heavy (non-hydrogen) atoms. The molecular weight excluding hydrogens is 184 g/mol. The van der Waals surface area contributed by atoms with Gasteiger partial charge in [0.05, 0.1) is 18.1 Å². The van der Waals surface area contributed by atoms with Crippen LogP contribution in [0, 0.1) is 15.3 Å². The Bertz CT molecular complexity index is 187. The van der Waals surface area contributed by atoms with Gasteiger partial charge < -0.3 is 26.2 Å². The molecule has 8 nitrogen and oxygen atoms in total. The Balaban J connectivity index is 0. The van der Waals surface area contributed by atoms with Crippen LogP contribution in [0.1, 0.15) is 12.8 Å². The van der Waals surface area contributed by atoms with Gasteiger partial charge in [0.2, 0.25) is 0 Å². The Labute approximate surface area is 73.1 Å². The summed E-state index contributed by atoms with van der Waals surface area (Å²) in [6.45, 7) is -0.0622. The molecule has 0 saturated heterocycles. The molecule has 0 saturated carbocycles. The van der Waals surface area contributed by atoms with Gasteiger partial charge in [-0.25, -0.2) is 0 Å². The predicted molar refractivity (Wildman–Crippen MR) is 41.3 cm³/mol. The van der Waals surface area contributed by atoms with Crippen molar-refractivity contribution in [2.75, 3.05) is 6.54 Å². The number of carbonyl (C=O) groups is 2.